The zero-order valence-corrected chi connectivity index (χ0v) is 15.8. The maximum absolute atomic E-state index is 12.3. The molecule has 0 bridgehead atoms. The van der Waals surface area contributed by atoms with E-state index in [0.29, 0.717) is 10.8 Å². The summed E-state index contributed by atoms with van der Waals surface area (Å²) in [5.74, 6) is 1.87. The predicted octanol–water partition coefficient (Wildman–Crippen LogP) is 2.24. The van der Waals surface area contributed by atoms with Crippen LogP contribution in [0.5, 0.6) is 0 Å². The predicted molar refractivity (Wildman–Crippen MR) is 105 cm³/mol. The molecular weight excluding hydrogens is 360 g/mol. The molecule has 3 N–H and O–H groups in total. The van der Waals surface area contributed by atoms with Crippen LogP contribution in [0, 0.1) is 0 Å². The Morgan fingerprint density at radius 1 is 1.22 bits per heavy atom. The Kier molecular flexibility index (Phi) is 5.15. The van der Waals surface area contributed by atoms with E-state index in [2.05, 4.69) is 49.3 Å². The smallest absolute Gasteiger partial charge is 0.271 e. The van der Waals surface area contributed by atoms with Gasteiger partial charge in [0.05, 0.1) is 0 Å². The molecule has 0 saturated carbocycles. The summed E-state index contributed by atoms with van der Waals surface area (Å²) in [5.41, 5.74) is 7.31. The van der Waals surface area contributed by atoms with Gasteiger partial charge in [-0.15, -0.1) is 21.5 Å². The Morgan fingerprint density at radius 2 is 2.07 bits per heavy atom. The number of anilines is 1. The quantitative estimate of drug-likeness (QED) is 0.705. The minimum atomic E-state index is -0.157. The number of aryl methyl sites for hydroxylation is 3. The van der Waals surface area contributed by atoms with Crippen LogP contribution in [-0.2, 0) is 25.8 Å². The third kappa shape index (κ3) is 4.16. The summed E-state index contributed by atoms with van der Waals surface area (Å²) in [5, 5.41) is 14.0. The zero-order chi connectivity index (χ0) is 18.6. The lowest BCUT2D eigenvalue weighted by atomic mass is 10.1. The van der Waals surface area contributed by atoms with Crippen LogP contribution < -0.4 is 11.1 Å². The molecule has 1 unspecified atom stereocenters. The number of amides is 1. The van der Waals surface area contributed by atoms with E-state index in [9.17, 15) is 4.79 Å². The molecule has 8 heteroatoms. The summed E-state index contributed by atoms with van der Waals surface area (Å²) in [6.07, 6.45) is 4.33. The van der Waals surface area contributed by atoms with Crippen molar-refractivity contribution in [2.24, 2.45) is 0 Å². The summed E-state index contributed by atoms with van der Waals surface area (Å²) >= 11 is 1.28. The van der Waals surface area contributed by atoms with Gasteiger partial charge in [-0.3, -0.25) is 4.79 Å². The van der Waals surface area contributed by atoms with Gasteiger partial charge in [-0.1, -0.05) is 30.3 Å². The minimum absolute atomic E-state index is 0.101. The van der Waals surface area contributed by atoms with Crippen LogP contribution in [0.1, 0.15) is 40.5 Å². The summed E-state index contributed by atoms with van der Waals surface area (Å²) in [4.78, 5) is 16.4. The number of hydrogen-bond donors (Lipinski definition) is 2. The molecule has 27 heavy (non-hydrogen) atoms. The molecular formula is C19H22N6OS. The standard InChI is InChI=1S/C19H22N6OS/c20-19-22-15(12-27-19)18(26)21-14-7-9-17-24-23-16(25(17)11-10-14)8-6-13-4-2-1-3-5-13/h1-5,12,14H,6-11H2,(H2,20,22)(H,21,26). The second kappa shape index (κ2) is 7.87. The number of carbonyl (C=O) groups excluding carboxylic acids is 1. The van der Waals surface area contributed by atoms with Crippen LogP contribution in [-0.4, -0.2) is 31.7 Å². The fraction of sp³-hybridized carbons (Fsp3) is 0.368. The number of hydrogen-bond acceptors (Lipinski definition) is 6. The van der Waals surface area contributed by atoms with Crippen molar-refractivity contribution in [1.29, 1.82) is 0 Å². The first kappa shape index (κ1) is 17.7. The van der Waals surface area contributed by atoms with Gasteiger partial charge in [0.2, 0.25) is 0 Å². The Balaban J connectivity index is 1.37. The van der Waals surface area contributed by atoms with Crippen molar-refractivity contribution in [3.63, 3.8) is 0 Å². The van der Waals surface area contributed by atoms with Gasteiger partial charge < -0.3 is 15.6 Å². The number of rotatable bonds is 5. The number of benzene rings is 1. The number of fused-ring (bicyclic) bond motifs is 1. The lowest BCUT2D eigenvalue weighted by Crippen LogP contribution is -2.35. The first-order valence-electron chi connectivity index (χ1n) is 9.16. The summed E-state index contributed by atoms with van der Waals surface area (Å²) in [6.45, 7) is 0.816. The molecule has 1 aliphatic heterocycles. The molecule has 3 heterocycles. The molecule has 4 rings (SSSR count). The highest BCUT2D eigenvalue weighted by Gasteiger charge is 2.22. The number of aromatic nitrogens is 4. The molecule has 2 aromatic heterocycles. The van der Waals surface area contributed by atoms with E-state index in [-0.39, 0.29) is 11.9 Å². The SMILES string of the molecule is Nc1nc(C(=O)NC2CCc3nnc(CCc4ccccc4)n3CC2)cs1. The summed E-state index contributed by atoms with van der Waals surface area (Å²) in [6, 6.07) is 10.5. The molecule has 0 fully saturated rings. The van der Waals surface area contributed by atoms with Crippen molar-refractivity contribution < 1.29 is 4.79 Å². The van der Waals surface area contributed by atoms with E-state index in [1.807, 2.05) is 6.07 Å². The second-order valence-electron chi connectivity index (χ2n) is 6.74. The monoisotopic (exact) mass is 382 g/mol. The van der Waals surface area contributed by atoms with Crippen LogP contribution in [0.15, 0.2) is 35.7 Å². The lowest BCUT2D eigenvalue weighted by Gasteiger charge is -2.15. The maximum atomic E-state index is 12.3. The fourth-order valence-corrected chi connectivity index (χ4v) is 3.97. The van der Waals surface area contributed by atoms with Crippen molar-refractivity contribution in [2.45, 2.75) is 44.7 Å². The third-order valence-electron chi connectivity index (χ3n) is 4.89. The average Bonchev–Trinajstić information content (AvgIpc) is 3.24. The number of nitrogens with two attached hydrogens (primary N) is 1. The van der Waals surface area contributed by atoms with Crippen molar-refractivity contribution in [1.82, 2.24) is 25.1 Å². The van der Waals surface area contributed by atoms with Crippen LogP contribution in [0.25, 0.3) is 0 Å². The largest absolute Gasteiger partial charge is 0.375 e. The third-order valence-corrected chi connectivity index (χ3v) is 5.57. The van der Waals surface area contributed by atoms with Crippen molar-refractivity contribution in [2.75, 3.05) is 5.73 Å². The topological polar surface area (TPSA) is 98.7 Å². The van der Waals surface area contributed by atoms with Crippen LogP contribution in [0.3, 0.4) is 0 Å². The molecule has 0 spiro atoms. The Bertz CT molecular complexity index is 919. The number of nitrogens with one attached hydrogen (secondary N) is 1. The molecule has 0 radical (unpaired) electrons. The van der Waals surface area contributed by atoms with E-state index in [4.69, 9.17) is 5.73 Å². The zero-order valence-electron chi connectivity index (χ0n) is 15.0. The van der Waals surface area contributed by atoms with Gasteiger partial charge in [-0.25, -0.2) is 4.98 Å². The van der Waals surface area contributed by atoms with E-state index >= 15 is 0 Å². The van der Waals surface area contributed by atoms with E-state index in [1.54, 1.807) is 5.38 Å². The Hall–Kier alpha value is -2.74. The average molecular weight is 382 g/mol. The molecule has 1 atom stereocenters. The normalized spacial score (nSPS) is 16.5. The van der Waals surface area contributed by atoms with Gasteiger partial charge in [0.25, 0.3) is 5.91 Å². The molecule has 0 aliphatic carbocycles. The van der Waals surface area contributed by atoms with Gasteiger partial charge in [0.1, 0.15) is 17.3 Å². The van der Waals surface area contributed by atoms with Gasteiger partial charge in [-0.05, 0) is 24.8 Å². The van der Waals surface area contributed by atoms with E-state index in [1.165, 1.54) is 16.9 Å². The first-order valence-corrected chi connectivity index (χ1v) is 10.0. The number of nitrogens with zero attached hydrogens (tertiary/aromatic N) is 4. The number of thiazole rings is 1. The highest BCUT2D eigenvalue weighted by atomic mass is 32.1. The van der Waals surface area contributed by atoms with Gasteiger partial charge in [-0.2, -0.15) is 0 Å². The van der Waals surface area contributed by atoms with Crippen LogP contribution in [0.2, 0.25) is 0 Å². The summed E-state index contributed by atoms with van der Waals surface area (Å²) < 4.78 is 2.22. The van der Waals surface area contributed by atoms with Gasteiger partial charge in [0.15, 0.2) is 5.13 Å². The molecule has 3 aromatic rings. The fourth-order valence-electron chi connectivity index (χ4n) is 3.43. The molecule has 0 saturated heterocycles. The highest BCUT2D eigenvalue weighted by molar-refractivity contribution is 7.13. The van der Waals surface area contributed by atoms with E-state index < -0.39 is 0 Å². The van der Waals surface area contributed by atoms with Gasteiger partial charge >= 0.3 is 0 Å². The van der Waals surface area contributed by atoms with Crippen LogP contribution in [0.4, 0.5) is 5.13 Å². The highest BCUT2D eigenvalue weighted by Crippen LogP contribution is 2.18. The summed E-state index contributed by atoms with van der Waals surface area (Å²) in [7, 11) is 0. The minimum Gasteiger partial charge on any atom is -0.375 e. The molecule has 1 amide bonds. The lowest BCUT2D eigenvalue weighted by molar-refractivity contribution is 0.0928. The Labute approximate surface area is 161 Å². The molecule has 7 nitrogen and oxygen atoms in total. The number of carbonyl (C=O) groups is 1. The van der Waals surface area contributed by atoms with E-state index in [0.717, 1.165) is 50.3 Å². The first-order chi connectivity index (χ1) is 13.2. The Morgan fingerprint density at radius 3 is 2.85 bits per heavy atom. The molecule has 1 aromatic carbocycles. The molecule has 1 aliphatic rings. The number of nitrogen functional groups attached to an aromatic ring is 1. The van der Waals surface area contributed by atoms with Crippen LogP contribution >= 0.6 is 11.3 Å². The molecule has 140 valence electrons. The van der Waals surface area contributed by atoms with Gasteiger partial charge in [0, 0.05) is 30.8 Å². The van der Waals surface area contributed by atoms with Crippen molar-refractivity contribution >= 4 is 22.4 Å². The second-order valence-corrected chi connectivity index (χ2v) is 7.63. The van der Waals surface area contributed by atoms with Crippen molar-refractivity contribution in [3.8, 4) is 0 Å². The van der Waals surface area contributed by atoms with Crippen molar-refractivity contribution in [3.05, 3.63) is 58.6 Å². The maximum Gasteiger partial charge on any atom is 0.271 e.